The molecule has 1 aliphatic heterocycles. The van der Waals surface area contributed by atoms with E-state index in [2.05, 4.69) is 15.2 Å². The number of rotatable bonds is 4. The fraction of sp³-hybridized carbons (Fsp3) is 0.294. The molecule has 1 aliphatic rings. The Bertz CT molecular complexity index is 690. The SMILES string of the molecule is O=C(CN1CCC[C@@H]1c1ccc(O)cc1)Nc1cccnc1Cl. The van der Waals surface area contributed by atoms with Gasteiger partial charge in [0.05, 0.1) is 12.2 Å². The molecule has 2 aromatic rings. The van der Waals surface area contributed by atoms with E-state index in [0.29, 0.717) is 12.2 Å². The molecule has 2 heterocycles. The van der Waals surface area contributed by atoms with Crippen LogP contribution in [0.4, 0.5) is 5.69 Å². The lowest BCUT2D eigenvalue weighted by molar-refractivity contribution is -0.117. The average molecular weight is 332 g/mol. The van der Waals surface area contributed by atoms with Crippen molar-refractivity contribution in [3.8, 4) is 5.75 Å². The molecule has 0 radical (unpaired) electrons. The van der Waals surface area contributed by atoms with Gasteiger partial charge in [-0.15, -0.1) is 0 Å². The van der Waals surface area contributed by atoms with E-state index in [1.54, 1.807) is 30.5 Å². The first kappa shape index (κ1) is 15.8. The Hall–Kier alpha value is -2.11. The second kappa shape index (κ2) is 6.98. The third-order valence-corrected chi connectivity index (χ3v) is 4.32. The van der Waals surface area contributed by atoms with E-state index in [-0.39, 0.29) is 22.9 Å². The maximum atomic E-state index is 12.3. The Morgan fingerprint density at radius 3 is 2.87 bits per heavy atom. The molecule has 1 amide bonds. The fourth-order valence-corrected chi connectivity index (χ4v) is 3.11. The number of hydrogen-bond acceptors (Lipinski definition) is 4. The van der Waals surface area contributed by atoms with Crippen molar-refractivity contribution in [2.45, 2.75) is 18.9 Å². The molecule has 5 nitrogen and oxygen atoms in total. The Morgan fingerprint density at radius 2 is 2.13 bits per heavy atom. The zero-order chi connectivity index (χ0) is 16.2. The Balaban J connectivity index is 1.65. The van der Waals surface area contributed by atoms with Crippen LogP contribution in [0.25, 0.3) is 0 Å². The smallest absolute Gasteiger partial charge is 0.238 e. The summed E-state index contributed by atoms with van der Waals surface area (Å²) in [7, 11) is 0. The number of amides is 1. The molecule has 1 aromatic heterocycles. The van der Waals surface area contributed by atoms with Gasteiger partial charge in [-0.2, -0.15) is 0 Å². The molecule has 6 heteroatoms. The van der Waals surface area contributed by atoms with Crippen molar-refractivity contribution in [3.63, 3.8) is 0 Å². The van der Waals surface area contributed by atoms with Gasteiger partial charge in [-0.3, -0.25) is 9.69 Å². The predicted octanol–water partition coefficient (Wildman–Crippen LogP) is 3.22. The number of anilines is 1. The van der Waals surface area contributed by atoms with Gasteiger partial charge < -0.3 is 10.4 Å². The lowest BCUT2D eigenvalue weighted by atomic mass is 10.0. The number of likely N-dealkylation sites (tertiary alicyclic amines) is 1. The van der Waals surface area contributed by atoms with E-state index in [9.17, 15) is 9.90 Å². The van der Waals surface area contributed by atoms with Gasteiger partial charge >= 0.3 is 0 Å². The standard InChI is InChI=1S/C17H18ClN3O2/c18-17-14(3-1-9-19-17)20-16(23)11-21-10-2-4-15(21)12-5-7-13(22)8-6-12/h1,3,5-9,15,22H,2,4,10-11H2,(H,20,23)/t15-/m1/s1. The van der Waals surface area contributed by atoms with Crippen LogP contribution in [-0.4, -0.2) is 34.0 Å². The van der Waals surface area contributed by atoms with Crippen LogP contribution in [0.2, 0.25) is 5.15 Å². The zero-order valence-corrected chi connectivity index (χ0v) is 13.3. The first-order valence-electron chi connectivity index (χ1n) is 7.57. The number of carbonyl (C=O) groups excluding carboxylic acids is 1. The highest BCUT2D eigenvalue weighted by Gasteiger charge is 2.27. The number of phenols is 1. The van der Waals surface area contributed by atoms with Gasteiger partial charge in [-0.05, 0) is 49.2 Å². The van der Waals surface area contributed by atoms with Crippen LogP contribution in [0.3, 0.4) is 0 Å². The summed E-state index contributed by atoms with van der Waals surface area (Å²) in [6, 6.07) is 10.8. The molecule has 0 saturated carbocycles. The van der Waals surface area contributed by atoms with Crippen LogP contribution in [-0.2, 0) is 4.79 Å². The number of halogens is 1. The number of phenolic OH excluding ortho intramolecular Hbond substituents is 1. The molecule has 3 rings (SSSR count). The minimum absolute atomic E-state index is 0.106. The Kier molecular flexibility index (Phi) is 4.79. The van der Waals surface area contributed by atoms with Gasteiger partial charge in [-0.1, -0.05) is 23.7 Å². The normalized spacial score (nSPS) is 18.0. The van der Waals surface area contributed by atoms with Crippen LogP contribution in [0.5, 0.6) is 5.75 Å². The first-order valence-corrected chi connectivity index (χ1v) is 7.94. The molecule has 0 spiro atoms. The van der Waals surface area contributed by atoms with E-state index < -0.39 is 0 Å². The quantitative estimate of drug-likeness (QED) is 0.844. The van der Waals surface area contributed by atoms with Crippen molar-refractivity contribution in [1.29, 1.82) is 0 Å². The summed E-state index contributed by atoms with van der Waals surface area (Å²) in [6.07, 6.45) is 3.64. The van der Waals surface area contributed by atoms with E-state index in [1.165, 1.54) is 0 Å². The molecule has 0 unspecified atom stereocenters. The lowest BCUT2D eigenvalue weighted by Gasteiger charge is -2.24. The molecule has 1 saturated heterocycles. The van der Waals surface area contributed by atoms with Crippen LogP contribution < -0.4 is 5.32 Å². The lowest BCUT2D eigenvalue weighted by Crippen LogP contribution is -2.33. The van der Waals surface area contributed by atoms with Crippen molar-refractivity contribution in [2.75, 3.05) is 18.4 Å². The summed E-state index contributed by atoms with van der Waals surface area (Å²) in [4.78, 5) is 18.4. The number of carbonyl (C=O) groups is 1. The van der Waals surface area contributed by atoms with E-state index >= 15 is 0 Å². The van der Waals surface area contributed by atoms with Crippen molar-refractivity contribution in [3.05, 3.63) is 53.3 Å². The summed E-state index contributed by atoms with van der Waals surface area (Å²) in [5, 5.41) is 12.5. The van der Waals surface area contributed by atoms with Crippen molar-refractivity contribution in [1.82, 2.24) is 9.88 Å². The van der Waals surface area contributed by atoms with Crippen LogP contribution >= 0.6 is 11.6 Å². The molecule has 120 valence electrons. The number of pyridine rings is 1. The highest BCUT2D eigenvalue weighted by atomic mass is 35.5. The predicted molar refractivity (Wildman–Crippen MR) is 89.5 cm³/mol. The zero-order valence-electron chi connectivity index (χ0n) is 12.6. The number of aromatic nitrogens is 1. The molecule has 0 aliphatic carbocycles. The maximum Gasteiger partial charge on any atom is 0.238 e. The topological polar surface area (TPSA) is 65.5 Å². The Morgan fingerprint density at radius 1 is 1.35 bits per heavy atom. The van der Waals surface area contributed by atoms with Gasteiger partial charge in [0, 0.05) is 12.2 Å². The second-order valence-corrected chi connectivity index (χ2v) is 5.97. The molecule has 1 aromatic carbocycles. The largest absolute Gasteiger partial charge is 0.508 e. The molecular weight excluding hydrogens is 314 g/mol. The maximum absolute atomic E-state index is 12.3. The number of aromatic hydroxyl groups is 1. The Labute approximate surface area is 139 Å². The van der Waals surface area contributed by atoms with Crippen molar-refractivity contribution in [2.24, 2.45) is 0 Å². The van der Waals surface area contributed by atoms with E-state index in [0.717, 1.165) is 24.9 Å². The highest BCUT2D eigenvalue weighted by Crippen LogP contribution is 2.32. The minimum Gasteiger partial charge on any atom is -0.508 e. The number of hydrogen-bond donors (Lipinski definition) is 2. The summed E-state index contributed by atoms with van der Waals surface area (Å²) in [5.41, 5.74) is 1.65. The van der Waals surface area contributed by atoms with Gasteiger partial charge in [0.2, 0.25) is 5.91 Å². The number of nitrogens with zero attached hydrogens (tertiary/aromatic N) is 2. The average Bonchev–Trinajstić information content (AvgIpc) is 2.98. The monoisotopic (exact) mass is 331 g/mol. The van der Waals surface area contributed by atoms with Gasteiger partial charge in [0.1, 0.15) is 5.75 Å². The summed E-state index contributed by atoms with van der Waals surface area (Å²) < 4.78 is 0. The summed E-state index contributed by atoms with van der Waals surface area (Å²) >= 11 is 5.96. The summed E-state index contributed by atoms with van der Waals surface area (Å²) in [5.74, 6) is 0.146. The fourth-order valence-electron chi connectivity index (χ4n) is 2.94. The van der Waals surface area contributed by atoms with Gasteiger partial charge in [0.15, 0.2) is 5.15 Å². The first-order chi connectivity index (χ1) is 11.1. The number of benzene rings is 1. The minimum atomic E-state index is -0.106. The molecule has 2 N–H and O–H groups in total. The van der Waals surface area contributed by atoms with Crippen molar-refractivity contribution < 1.29 is 9.90 Å². The van der Waals surface area contributed by atoms with Crippen LogP contribution in [0, 0.1) is 0 Å². The van der Waals surface area contributed by atoms with Crippen LogP contribution in [0.15, 0.2) is 42.6 Å². The molecule has 23 heavy (non-hydrogen) atoms. The van der Waals surface area contributed by atoms with E-state index in [4.69, 9.17) is 11.6 Å². The second-order valence-electron chi connectivity index (χ2n) is 5.61. The summed E-state index contributed by atoms with van der Waals surface area (Å²) in [6.45, 7) is 1.18. The van der Waals surface area contributed by atoms with Crippen LogP contribution in [0.1, 0.15) is 24.4 Å². The third-order valence-electron chi connectivity index (χ3n) is 4.02. The van der Waals surface area contributed by atoms with Gasteiger partial charge in [-0.25, -0.2) is 4.98 Å². The molecular formula is C17H18ClN3O2. The van der Waals surface area contributed by atoms with Gasteiger partial charge in [0.25, 0.3) is 0 Å². The van der Waals surface area contributed by atoms with Crippen molar-refractivity contribution >= 4 is 23.2 Å². The van der Waals surface area contributed by atoms with E-state index in [1.807, 2.05) is 12.1 Å². The molecule has 1 atom stereocenters. The molecule has 0 bridgehead atoms. The third kappa shape index (κ3) is 3.81. The highest BCUT2D eigenvalue weighted by molar-refractivity contribution is 6.32. The number of nitrogens with one attached hydrogen (secondary N) is 1. The molecule has 1 fully saturated rings.